The van der Waals surface area contributed by atoms with Crippen molar-refractivity contribution in [3.63, 3.8) is 0 Å². The van der Waals surface area contributed by atoms with Crippen molar-refractivity contribution in [3.05, 3.63) is 23.8 Å². The molecule has 0 bridgehead atoms. The van der Waals surface area contributed by atoms with Gasteiger partial charge in [0, 0.05) is 16.3 Å². The Labute approximate surface area is 98.5 Å². The van der Waals surface area contributed by atoms with E-state index in [4.69, 9.17) is 10.5 Å². The van der Waals surface area contributed by atoms with Crippen molar-refractivity contribution in [2.45, 2.75) is 17.9 Å². The summed E-state index contributed by atoms with van der Waals surface area (Å²) in [5, 5.41) is 2.63. The zero-order valence-electron chi connectivity index (χ0n) is 9.03. The van der Waals surface area contributed by atoms with Gasteiger partial charge in [-0.1, -0.05) is 0 Å². The predicted octanol–water partition coefficient (Wildman–Crippen LogP) is 1.78. The van der Waals surface area contributed by atoms with Crippen LogP contribution in [0, 0.1) is 6.92 Å². The van der Waals surface area contributed by atoms with Gasteiger partial charge in [-0.2, -0.15) is 0 Å². The monoisotopic (exact) mass is 238 g/mol. The van der Waals surface area contributed by atoms with Gasteiger partial charge in [-0.15, -0.1) is 11.8 Å². The maximum Gasteiger partial charge on any atom is 0.407 e. The number of hydrogen-bond acceptors (Lipinski definition) is 4. The molecule has 1 fully saturated rings. The topological polar surface area (TPSA) is 64.3 Å². The lowest BCUT2D eigenvalue weighted by Gasteiger charge is -2.08. The van der Waals surface area contributed by atoms with Crippen molar-refractivity contribution < 1.29 is 9.53 Å². The number of amides is 1. The van der Waals surface area contributed by atoms with E-state index in [-0.39, 0.29) is 12.2 Å². The SMILES string of the molecule is Cc1cc(SCC2CNC(=O)O2)ccc1N. The number of benzene rings is 1. The van der Waals surface area contributed by atoms with Crippen molar-refractivity contribution in [1.29, 1.82) is 0 Å². The average molecular weight is 238 g/mol. The van der Waals surface area contributed by atoms with E-state index in [1.165, 1.54) is 0 Å². The molecule has 1 atom stereocenters. The second kappa shape index (κ2) is 4.65. The third-order valence-corrected chi connectivity index (χ3v) is 3.55. The van der Waals surface area contributed by atoms with Crippen LogP contribution in [0.3, 0.4) is 0 Å². The number of aryl methyl sites for hydroxylation is 1. The number of thioether (sulfide) groups is 1. The van der Waals surface area contributed by atoms with Gasteiger partial charge in [0.15, 0.2) is 0 Å². The van der Waals surface area contributed by atoms with Gasteiger partial charge < -0.3 is 15.8 Å². The molecule has 86 valence electrons. The molecule has 0 spiro atoms. The number of alkyl carbamates (subject to hydrolysis) is 1. The summed E-state index contributed by atoms with van der Waals surface area (Å²) in [6.07, 6.45) is -0.352. The summed E-state index contributed by atoms with van der Waals surface area (Å²) in [7, 11) is 0. The molecule has 5 heteroatoms. The van der Waals surface area contributed by atoms with Crippen LogP contribution in [0.25, 0.3) is 0 Å². The van der Waals surface area contributed by atoms with E-state index in [2.05, 4.69) is 5.32 Å². The molecule has 3 N–H and O–H groups in total. The van der Waals surface area contributed by atoms with E-state index >= 15 is 0 Å². The fourth-order valence-corrected chi connectivity index (χ4v) is 2.44. The normalized spacial score (nSPS) is 19.3. The number of anilines is 1. The van der Waals surface area contributed by atoms with Gasteiger partial charge in [0.1, 0.15) is 6.10 Å². The molecule has 1 aliphatic heterocycles. The number of cyclic esters (lactones) is 1. The highest BCUT2D eigenvalue weighted by molar-refractivity contribution is 7.99. The molecule has 16 heavy (non-hydrogen) atoms. The molecule has 0 radical (unpaired) electrons. The van der Waals surface area contributed by atoms with Crippen LogP contribution in [0.15, 0.2) is 23.1 Å². The molecule has 1 saturated heterocycles. The van der Waals surface area contributed by atoms with Crippen LogP contribution in [-0.4, -0.2) is 24.5 Å². The van der Waals surface area contributed by atoms with Crippen LogP contribution in [0.4, 0.5) is 10.5 Å². The van der Waals surface area contributed by atoms with Gasteiger partial charge in [-0.05, 0) is 30.7 Å². The second-order valence-corrected chi connectivity index (χ2v) is 4.83. The number of nitrogen functional groups attached to an aromatic ring is 1. The van der Waals surface area contributed by atoms with Crippen LogP contribution in [0.5, 0.6) is 0 Å². The summed E-state index contributed by atoms with van der Waals surface area (Å²) in [6.45, 7) is 2.58. The van der Waals surface area contributed by atoms with Crippen molar-refractivity contribution in [2.75, 3.05) is 18.0 Å². The molecule has 1 aromatic rings. The van der Waals surface area contributed by atoms with Gasteiger partial charge in [0.2, 0.25) is 0 Å². The van der Waals surface area contributed by atoms with Crippen molar-refractivity contribution in [1.82, 2.24) is 5.32 Å². The summed E-state index contributed by atoms with van der Waals surface area (Å²) >= 11 is 1.67. The minimum Gasteiger partial charge on any atom is -0.443 e. The number of rotatable bonds is 3. The minimum absolute atomic E-state index is 0.0321. The molecule has 0 aromatic heterocycles. The summed E-state index contributed by atoms with van der Waals surface area (Å²) < 4.78 is 5.04. The van der Waals surface area contributed by atoms with Crippen LogP contribution in [0.1, 0.15) is 5.56 Å². The van der Waals surface area contributed by atoms with Crippen LogP contribution in [0.2, 0.25) is 0 Å². The van der Waals surface area contributed by atoms with E-state index in [1.807, 2.05) is 25.1 Å². The predicted molar refractivity (Wildman–Crippen MR) is 64.6 cm³/mol. The Balaban J connectivity index is 1.89. The fraction of sp³-hybridized carbons (Fsp3) is 0.364. The molecule has 2 rings (SSSR count). The Hall–Kier alpha value is -1.36. The molecule has 1 heterocycles. The Morgan fingerprint density at radius 3 is 3.06 bits per heavy atom. The smallest absolute Gasteiger partial charge is 0.407 e. The molecule has 0 saturated carbocycles. The number of carbonyl (C=O) groups excluding carboxylic acids is 1. The van der Waals surface area contributed by atoms with Crippen molar-refractivity contribution in [2.24, 2.45) is 0 Å². The van der Waals surface area contributed by atoms with E-state index in [0.717, 1.165) is 21.9 Å². The maximum atomic E-state index is 10.8. The Bertz CT molecular complexity index is 409. The number of carbonyl (C=O) groups is 1. The third kappa shape index (κ3) is 2.61. The first-order valence-electron chi connectivity index (χ1n) is 5.08. The summed E-state index contributed by atoms with van der Waals surface area (Å²) in [6, 6.07) is 5.93. The molecular weight excluding hydrogens is 224 g/mol. The number of ether oxygens (including phenoxy) is 1. The second-order valence-electron chi connectivity index (χ2n) is 3.74. The first-order valence-corrected chi connectivity index (χ1v) is 6.07. The standard InChI is InChI=1S/C11H14N2O2S/c1-7-4-9(2-3-10(7)12)16-6-8-5-13-11(14)15-8/h2-4,8H,5-6,12H2,1H3,(H,13,14). The fourth-order valence-electron chi connectivity index (χ4n) is 1.45. The quantitative estimate of drug-likeness (QED) is 0.622. The average Bonchev–Trinajstić information content (AvgIpc) is 2.66. The Morgan fingerprint density at radius 2 is 2.44 bits per heavy atom. The van der Waals surface area contributed by atoms with Gasteiger partial charge in [0.05, 0.1) is 6.54 Å². The molecule has 0 aliphatic carbocycles. The van der Waals surface area contributed by atoms with Crippen molar-refractivity contribution >= 4 is 23.5 Å². The highest BCUT2D eigenvalue weighted by atomic mass is 32.2. The molecule has 4 nitrogen and oxygen atoms in total. The van der Waals surface area contributed by atoms with E-state index in [9.17, 15) is 4.79 Å². The molecular formula is C11H14N2O2S. The highest BCUT2D eigenvalue weighted by Crippen LogP contribution is 2.24. The molecule has 1 unspecified atom stereocenters. The molecule has 1 aromatic carbocycles. The van der Waals surface area contributed by atoms with E-state index in [0.29, 0.717) is 6.54 Å². The lowest BCUT2D eigenvalue weighted by atomic mass is 10.2. The summed E-state index contributed by atoms with van der Waals surface area (Å²) in [5.74, 6) is 0.766. The lowest BCUT2D eigenvalue weighted by molar-refractivity contribution is 0.150. The van der Waals surface area contributed by atoms with Gasteiger partial charge in [0.25, 0.3) is 0 Å². The summed E-state index contributed by atoms with van der Waals surface area (Å²) in [5.41, 5.74) is 7.62. The van der Waals surface area contributed by atoms with Gasteiger partial charge >= 0.3 is 6.09 Å². The number of hydrogen-bond donors (Lipinski definition) is 2. The Morgan fingerprint density at radius 1 is 1.62 bits per heavy atom. The third-order valence-electron chi connectivity index (χ3n) is 2.42. The molecule has 1 aliphatic rings. The highest BCUT2D eigenvalue weighted by Gasteiger charge is 2.22. The number of nitrogens with one attached hydrogen (secondary N) is 1. The van der Waals surface area contributed by atoms with E-state index < -0.39 is 0 Å². The van der Waals surface area contributed by atoms with Crippen LogP contribution < -0.4 is 11.1 Å². The van der Waals surface area contributed by atoms with Crippen LogP contribution in [-0.2, 0) is 4.74 Å². The Kier molecular flexibility index (Phi) is 3.24. The zero-order valence-corrected chi connectivity index (χ0v) is 9.84. The first kappa shape index (κ1) is 11.1. The number of nitrogens with two attached hydrogens (primary N) is 1. The molecule has 1 amide bonds. The minimum atomic E-state index is -0.320. The lowest BCUT2D eigenvalue weighted by Crippen LogP contribution is -2.16. The van der Waals surface area contributed by atoms with Gasteiger partial charge in [-0.3, -0.25) is 0 Å². The van der Waals surface area contributed by atoms with Crippen molar-refractivity contribution in [3.8, 4) is 0 Å². The van der Waals surface area contributed by atoms with Crippen LogP contribution >= 0.6 is 11.8 Å². The first-order chi connectivity index (χ1) is 7.65. The summed E-state index contributed by atoms with van der Waals surface area (Å²) in [4.78, 5) is 12.0. The largest absolute Gasteiger partial charge is 0.443 e. The maximum absolute atomic E-state index is 10.8. The van der Waals surface area contributed by atoms with E-state index in [1.54, 1.807) is 11.8 Å². The zero-order chi connectivity index (χ0) is 11.5. The van der Waals surface area contributed by atoms with Gasteiger partial charge in [-0.25, -0.2) is 4.79 Å².